The molecule has 5 atom stereocenters. The van der Waals surface area contributed by atoms with E-state index in [1.165, 1.54) is 19.3 Å². The van der Waals surface area contributed by atoms with Crippen LogP contribution in [-0.4, -0.2) is 22.8 Å². The van der Waals surface area contributed by atoms with E-state index in [2.05, 4.69) is 27.8 Å². The van der Waals surface area contributed by atoms with Gasteiger partial charge in [-0.25, -0.2) is 0 Å². The Balaban J connectivity index is 1.39. The highest BCUT2D eigenvalue weighted by Gasteiger charge is 2.65. The zero-order chi connectivity index (χ0) is 13.0. The molecule has 3 aliphatic rings. The summed E-state index contributed by atoms with van der Waals surface area (Å²) in [6.07, 6.45) is 4.35. The zero-order valence-corrected chi connectivity index (χ0v) is 11.6. The molecule has 1 aromatic rings. The Morgan fingerprint density at radius 1 is 1.26 bits per heavy atom. The number of hydrogen-bond donors (Lipinski definition) is 2. The Hall–Kier alpha value is -1.10. The minimum absolute atomic E-state index is 0.128. The van der Waals surface area contributed by atoms with E-state index in [0.29, 0.717) is 17.9 Å². The molecule has 0 radical (unpaired) electrons. The highest BCUT2D eigenvalue weighted by atomic mass is 16.4. The number of hydrogen-bond acceptors (Lipinski definition) is 5. The molecule has 5 unspecified atom stereocenters. The van der Waals surface area contributed by atoms with Crippen LogP contribution in [0.1, 0.15) is 45.0 Å². The van der Waals surface area contributed by atoms with Gasteiger partial charge < -0.3 is 15.1 Å². The van der Waals surface area contributed by atoms with Crippen molar-refractivity contribution in [1.29, 1.82) is 0 Å². The van der Waals surface area contributed by atoms with Gasteiger partial charge >= 0.3 is 6.01 Å². The number of nitrogens with one attached hydrogen (secondary N) is 2. The quantitative estimate of drug-likeness (QED) is 0.851. The van der Waals surface area contributed by atoms with Crippen LogP contribution >= 0.6 is 0 Å². The Morgan fingerprint density at radius 2 is 2.00 bits per heavy atom. The molecule has 2 N–H and O–H groups in total. The molecule has 4 rings (SSSR count). The second-order valence-corrected chi connectivity index (χ2v) is 6.38. The van der Waals surface area contributed by atoms with Crippen LogP contribution < -0.4 is 10.6 Å². The Labute approximate surface area is 113 Å². The third kappa shape index (κ3) is 1.78. The maximum Gasteiger partial charge on any atom is 0.315 e. The molecule has 19 heavy (non-hydrogen) atoms. The lowest BCUT2D eigenvalue weighted by Crippen LogP contribution is -2.17. The van der Waals surface area contributed by atoms with E-state index in [-0.39, 0.29) is 6.04 Å². The summed E-state index contributed by atoms with van der Waals surface area (Å²) >= 11 is 0. The average molecular weight is 262 g/mol. The molecule has 0 saturated heterocycles. The topological polar surface area (TPSA) is 63.0 Å². The minimum atomic E-state index is 0.128. The lowest BCUT2D eigenvalue weighted by Gasteiger charge is -2.08. The fraction of sp³-hybridized carbons (Fsp3) is 0.857. The molecule has 104 valence electrons. The highest BCUT2D eigenvalue weighted by Crippen LogP contribution is 2.66. The van der Waals surface area contributed by atoms with Gasteiger partial charge in [-0.15, -0.1) is 5.10 Å². The highest BCUT2D eigenvalue weighted by molar-refractivity contribution is 5.31. The van der Waals surface area contributed by atoms with Crippen molar-refractivity contribution in [2.45, 2.75) is 45.2 Å². The smallest absolute Gasteiger partial charge is 0.315 e. The van der Waals surface area contributed by atoms with Crippen molar-refractivity contribution < 1.29 is 4.42 Å². The van der Waals surface area contributed by atoms with Gasteiger partial charge in [-0.3, -0.25) is 0 Å². The molecule has 3 aliphatic carbocycles. The molecule has 0 aliphatic heterocycles. The van der Waals surface area contributed by atoms with E-state index in [0.717, 1.165) is 30.2 Å². The van der Waals surface area contributed by atoms with E-state index in [1.807, 2.05) is 6.92 Å². The lowest BCUT2D eigenvalue weighted by atomic mass is 10.0. The van der Waals surface area contributed by atoms with Gasteiger partial charge in [-0.05, 0) is 56.4 Å². The summed E-state index contributed by atoms with van der Waals surface area (Å²) < 4.78 is 5.71. The molecule has 0 amide bonds. The van der Waals surface area contributed by atoms with Crippen molar-refractivity contribution in [3.63, 3.8) is 0 Å². The van der Waals surface area contributed by atoms with Gasteiger partial charge in [-0.2, -0.15) is 0 Å². The fourth-order valence-electron chi connectivity index (χ4n) is 4.52. The van der Waals surface area contributed by atoms with E-state index in [9.17, 15) is 0 Å². The number of rotatable bonds is 5. The number of aromatic nitrogens is 2. The van der Waals surface area contributed by atoms with Crippen molar-refractivity contribution in [3.8, 4) is 0 Å². The second-order valence-electron chi connectivity index (χ2n) is 6.38. The van der Waals surface area contributed by atoms with Gasteiger partial charge in [0.2, 0.25) is 5.89 Å². The summed E-state index contributed by atoms with van der Waals surface area (Å²) in [6.45, 7) is 5.03. The van der Waals surface area contributed by atoms with E-state index < -0.39 is 0 Å². The van der Waals surface area contributed by atoms with Crippen molar-refractivity contribution in [1.82, 2.24) is 15.5 Å². The summed E-state index contributed by atoms with van der Waals surface area (Å²) in [4.78, 5) is 0. The summed E-state index contributed by atoms with van der Waals surface area (Å²) in [5, 5.41) is 15.0. The molecule has 5 nitrogen and oxygen atoms in total. The van der Waals surface area contributed by atoms with E-state index in [1.54, 1.807) is 0 Å². The Kier molecular flexibility index (Phi) is 2.59. The molecule has 3 saturated carbocycles. The van der Waals surface area contributed by atoms with Crippen molar-refractivity contribution in [3.05, 3.63) is 5.89 Å². The Morgan fingerprint density at radius 3 is 2.68 bits per heavy atom. The molecule has 0 spiro atoms. The average Bonchev–Trinajstić information content (AvgIpc) is 2.82. The number of nitrogens with zero attached hydrogens (tertiary/aromatic N) is 2. The van der Waals surface area contributed by atoms with Crippen LogP contribution in [0.4, 0.5) is 6.01 Å². The number of anilines is 1. The first kappa shape index (κ1) is 11.7. The van der Waals surface area contributed by atoms with E-state index >= 15 is 0 Å². The predicted octanol–water partition coefficient (Wildman–Crippen LogP) is 2.20. The van der Waals surface area contributed by atoms with Crippen LogP contribution in [0.25, 0.3) is 0 Å². The summed E-state index contributed by atoms with van der Waals surface area (Å²) in [7, 11) is 0. The van der Waals surface area contributed by atoms with Crippen LogP contribution in [0.5, 0.6) is 0 Å². The maximum absolute atomic E-state index is 5.71. The van der Waals surface area contributed by atoms with E-state index in [4.69, 9.17) is 4.42 Å². The van der Waals surface area contributed by atoms with Crippen LogP contribution in [0.15, 0.2) is 4.42 Å². The van der Waals surface area contributed by atoms with Crippen LogP contribution in [0, 0.1) is 23.7 Å². The first-order valence-electron chi connectivity index (χ1n) is 7.61. The predicted molar refractivity (Wildman–Crippen MR) is 71.6 cm³/mol. The second kappa shape index (κ2) is 4.20. The van der Waals surface area contributed by atoms with Gasteiger partial charge in [0.15, 0.2) is 0 Å². The lowest BCUT2D eigenvalue weighted by molar-refractivity contribution is 0.425. The fourth-order valence-corrected chi connectivity index (χ4v) is 4.52. The monoisotopic (exact) mass is 262 g/mol. The molecule has 2 bridgehead atoms. The van der Waals surface area contributed by atoms with Crippen molar-refractivity contribution >= 4 is 6.01 Å². The van der Waals surface area contributed by atoms with Crippen molar-refractivity contribution in [2.75, 3.05) is 11.9 Å². The SMILES string of the molecule is CCNC(C)c1nnc(NC2C3C4CCC(C4)C23)o1. The first-order valence-corrected chi connectivity index (χ1v) is 7.61. The molecular formula is C14H22N4O. The molecule has 0 aromatic carbocycles. The van der Waals surface area contributed by atoms with Gasteiger partial charge in [0.05, 0.1) is 6.04 Å². The van der Waals surface area contributed by atoms with Gasteiger partial charge in [-0.1, -0.05) is 12.0 Å². The largest absolute Gasteiger partial charge is 0.406 e. The van der Waals surface area contributed by atoms with Gasteiger partial charge in [0.25, 0.3) is 0 Å². The van der Waals surface area contributed by atoms with Crippen LogP contribution in [0.3, 0.4) is 0 Å². The Bertz CT molecular complexity index is 458. The molecular weight excluding hydrogens is 240 g/mol. The standard InChI is InChI=1S/C14H22N4O/c1-3-15-7(2)13-17-18-14(19-13)16-12-10-8-4-5-9(6-8)11(10)12/h7-12,15H,3-6H2,1-2H3,(H,16,18). The van der Waals surface area contributed by atoms with Gasteiger partial charge in [0.1, 0.15) is 0 Å². The number of fused-ring (bicyclic) bond motifs is 5. The van der Waals surface area contributed by atoms with Gasteiger partial charge in [0, 0.05) is 6.04 Å². The molecule has 3 fully saturated rings. The third-order valence-electron chi connectivity index (χ3n) is 5.35. The molecule has 1 aromatic heterocycles. The van der Waals surface area contributed by atoms with Crippen LogP contribution in [0.2, 0.25) is 0 Å². The molecule has 1 heterocycles. The summed E-state index contributed by atoms with van der Waals surface area (Å²) in [5.41, 5.74) is 0. The van der Waals surface area contributed by atoms with Crippen molar-refractivity contribution in [2.24, 2.45) is 23.7 Å². The summed E-state index contributed by atoms with van der Waals surface area (Å²) in [5.74, 6) is 4.39. The third-order valence-corrected chi connectivity index (χ3v) is 5.35. The summed E-state index contributed by atoms with van der Waals surface area (Å²) in [6, 6.07) is 1.34. The normalized spacial score (nSPS) is 40.2. The first-order chi connectivity index (χ1) is 9.28. The maximum atomic E-state index is 5.71. The van der Waals surface area contributed by atoms with Crippen LogP contribution in [-0.2, 0) is 0 Å². The molecule has 5 heteroatoms. The minimum Gasteiger partial charge on any atom is -0.406 e. The zero-order valence-electron chi connectivity index (χ0n) is 11.6.